The standard InChI is InChI=1S/C15H27NO/c1-13(17)16-11-10-14(2)6-5-9-15(12-14)7-3-4-8-15/h3-12H2,1-2H3,(H,16,17). The van der Waals surface area contributed by atoms with E-state index >= 15 is 0 Å². The molecule has 0 radical (unpaired) electrons. The first kappa shape index (κ1) is 12.9. The van der Waals surface area contributed by atoms with Crippen LogP contribution in [0.25, 0.3) is 0 Å². The van der Waals surface area contributed by atoms with E-state index in [1.165, 1.54) is 51.4 Å². The zero-order valence-corrected chi connectivity index (χ0v) is 11.5. The summed E-state index contributed by atoms with van der Waals surface area (Å²) in [6.45, 7) is 4.91. The lowest BCUT2D eigenvalue weighted by molar-refractivity contribution is -0.119. The third-order valence-corrected chi connectivity index (χ3v) is 5.06. The van der Waals surface area contributed by atoms with Crippen molar-refractivity contribution < 1.29 is 4.79 Å². The van der Waals surface area contributed by atoms with Crippen LogP contribution in [-0.2, 0) is 4.79 Å². The second-order valence-electron chi connectivity index (χ2n) is 6.78. The molecule has 2 nitrogen and oxygen atoms in total. The second kappa shape index (κ2) is 4.99. The smallest absolute Gasteiger partial charge is 0.216 e. The third-order valence-electron chi connectivity index (χ3n) is 5.06. The van der Waals surface area contributed by atoms with Crippen LogP contribution in [-0.4, -0.2) is 12.5 Å². The van der Waals surface area contributed by atoms with E-state index in [0.717, 1.165) is 13.0 Å². The van der Waals surface area contributed by atoms with Crippen LogP contribution in [0.15, 0.2) is 0 Å². The fourth-order valence-corrected chi connectivity index (χ4v) is 4.28. The molecule has 2 fully saturated rings. The minimum atomic E-state index is 0.111. The SMILES string of the molecule is CC(=O)NCCC1(C)CCCC2(CCCC2)C1. The van der Waals surface area contributed by atoms with Gasteiger partial charge in [-0.1, -0.05) is 26.2 Å². The van der Waals surface area contributed by atoms with Crippen molar-refractivity contribution >= 4 is 5.91 Å². The molecular weight excluding hydrogens is 210 g/mol. The molecular formula is C15H27NO. The first-order valence-electron chi connectivity index (χ1n) is 7.28. The number of carbonyl (C=O) groups excluding carboxylic acids is 1. The number of carbonyl (C=O) groups is 1. The van der Waals surface area contributed by atoms with Gasteiger partial charge in [0, 0.05) is 13.5 Å². The molecule has 2 heteroatoms. The zero-order chi connectivity index (χ0) is 12.4. The molecule has 0 saturated heterocycles. The largest absolute Gasteiger partial charge is 0.356 e. The van der Waals surface area contributed by atoms with Crippen LogP contribution in [0.4, 0.5) is 0 Å². The van der Waals surface area contributed by atoms with Gasteiger partial charge in [-0.25, -0.2) is 0 Å². The predicted octanol–water partition coefficient (Wildman–Crippen LogP) is 3.65. The van der Waals surface area contributed by atoms with Crippen LogP contribution >= 0.6 is 0 Å². The molecule has 0 aromatic heterocycles. The average molecular weight is 237 g/mol. The van der Waals surface area contributed by atoms with E-state index in [-0.39, 0.29) is 5.91 Å². The Morgan fingerprint density at radius 1 is 1.12 bits per heavy atom. The molecule has 0 bridgehead atoms. The number of hydrogen-bond donors (Lipinski definition) is 1. The number of nitrogens with one attached hydrogen (secondary N) is 1. The van der Waals surface area contributed by atoms with Crippen molar-refractivity contribution in [1.82, 2.24) is 5.32 Å². The van der Waals surface area contributed by atoms with Gasteiger partial charge in [-0.2, -0.15) is 0 Å². The Kier molecular flexibility index (Phi) is 3.79. The Labute approximate surface area is 106 Å². The van der Waals surface area contributed by atoms with Gasteiger partial charge in [0.05, 0.1) is 0 Å². The maximum absolute atomic E-state index is 10.9. The molecule has 1 N–H and O–H groups in total. The lowest BCUT2D eigenvalue weighted by Gasteiger charge is -2.45. The number of amides is 1. The molecule has 98 valence electrons. The van der Waals surface area contributed by atoms with Crippen LogP contribution in [0.5, 0.6) is 0 Å². The van der Waals surface area contributed by atoms with Gasteiger partial charge in [0.15, 0.2) is 0 Å². The lowest BCUT2D eigenvalue weighted by atomic mass is 9.61. The highest BCUT2D eigenvalue weighted by atomic mass is 16.1. The van der Waals surface area contributed by atoms with Crippen molar-refractivity contribution in [2.75, 3.05) is 6.54 Å². The van der Waals surface area contributed by atoms with Gasteiger partial charge in [-0.3, -0.25) is 4.79 Å². The normalized spacial score (nSPS) is 31.6. The highest BCUT2D eigenvalue weighted by molar-refractivity contribution is 5.72. The first-order valence-corrected chi connectivity index (χ1v) is 7.28. The first-order chi connectivity index (χ1) is 8.04. The third kappa shape index (κ3) is 3.23. The molecule has 2 aliphatic carbocycles. The molecule has 0 aromatic carbocycles. The van der Waals surface area contributed by atoms with E-state index in [0.29, 0.717) is 10.8 Å². The van der Waals surface area contributed by atoms with Gasteiger partial charge >= 0.3 is 0 Å². The van der Waals surface area contributed by atoms with Crippen molar-refractivity contribution in [2.45, 2.75) is 71.6 Å². The topological polar surface area (TPSA) is 29.1 Å². The molecule has 1 amide bonds. The summed E-state index contributed by atoms with van der Waals surface area (Å²) in [6.07, 6.45) is 12.6. The van der Waals surface area contributed by atoms with Gasteiger partial charge in [-0.05, 0) is 49.4 Å². The minimum absolute atomic E-state index is 0.111. The molecule has 2 saturated carbocycles. The van der Waals surface area contributed by atoms with Crippen molar-refractivity contribution in [1.29, 1.82) is 0 Å². The summed E-state index contributed by atoms with van der Waals surface area (Å²) in [5, 5.41) is 2.96. The van der Waals surface area contributed by atoms with Crippen LogP contribution in [0.1, 0.15) is 71.6 Å². The fraction of sp³-hybridized carbons (Fsp3) is 0.933. The van der Waals surface area contributed by atoms with Gasteiger partial charge < -0.3 is 5.32 Å². The van der Waals surface area contributed by atoms with Crippen molar-refractivity contribution in [3.05, 3.63) is 0 Å². The molecule has 2 aliphatic rings. The Bertz CT molecular complexity index is 281. The molecule has 0 aliphatic heterocycles. The molecule has 0 heterocycles. The van der Waals surface area contributed by atoms with Crippen LogP contribution in [0.2, 0.25) is 0 Å². The Morgan fingerprint density at radius 3 is 2.41 bits per heavy atom. The van der Waals surface area contributed by atoms with E-state index in [1.807, 2.05) is 0 Å². The van der Waals surface area contributed by atoms with E-state index in [4.69, 9.17) is 0 Å². The van der Waals surface area contributed by atoms with Gasteiger partial charge in [0.2, 0.25) is 5.91 Å². The highest BCUT2D eigenvalue weighted by Gasteiger charge is 2.43. The molecule has 0 aromatic rings. The van der Waals surface area contributed by atoms with E-state index in [2.05, 4.69) is 12.2 Å². The molecule has 1 spiro atoms. The summed E-state index contributed by atoms with van der Waals surface area (Å²) >= 11 is 0. The molecule has 2 rings (SSSR count). The predicted molar refractivity (Wildman–Crippen MR) is 70.8 cm³/mol. The van der Waals surface area contributed by atoms with E-state index in [9.17, 15) is 4.79 Å². The lowest BCUT2D eigenvalue weighted by Crippen LogP contribution is -2.35. The summed E-state index contributed by atoms with van der Waals surface area (Å²) in [4.78, 5) is 10.9. The monoisotopic (exact) mass is 237 g/mol. The summed E-state index contributed by atoms with van der Waals surface area (Å²) in [5.41, 5.74) is 1.16. The fourth-order valence-electron chi connectivity index (χ4n) is 4.28. The van der Waals surface area contributed by atoms with Crippen LogP contribution in [0, 0.1) is 10.8 Å². The zero-order valence-electron chi connectivity index (χ0n) is 11.5. The van der Waals surface area contributed by atoms with Gasteiger partial charge in [-0.15, -0.1) is 0 Å². The highest BCUT2D eigenvalue weighted by Crippen LogP contribution is 2.55. The van der Waals surface area contributed by atoms with Crippen molar-refractivity contribution in [3.8, 4) is 0 Å². The van der Waals surface area contributed by atoms with Crippen molar-refractivity contribution in [3.63, 3.8) is 0 Å². The van der Waals surface area contributed by atoms with Gasteiger partial charge in [0.1, 0.15) is 0 Å². The summed E-state index contributed by atoms with van der Waals surface area (Å²) in [5.74, 6) is 0.111. The maximum atomic E-state index is 10.9. The average Bonchev–Trinajstić information content (AvgIpc) is 2.65. The summed E-state index contributed by atoms with van der Waals surface area (Å²) in [6, 6.07) is 0. The van der Waals surface area contributed by atoms with Crippen LogP contribution < -0.4 is 5.32 Å². The van der Waals surface area contributed by atoms with Gasteiger partial charge in [0.25, 0.3) is 0 Å². The Morgan fingerprint density at radius 2 is 1.76 bits per heavy atom. The molecule has 17 heavy (non-hydrogen) atoms. The van der Waals surface area contributed by atoms with Crippen molar-refractivity contribution in [2.24, 2.45) is 10.8 Å². The molecule has 1 unspecified atom stereocenters. The quantitative estimate of drug-likeness (QED) is 0.797. The minimum Gasteiger partial charge on any atom is -0.356 e. The number of rotatable bonds is 3. The van der Waals surface area contributed by atoms with Crippen LogP contribution in [0.3, 0.4) is 0 Å². The summed E-state index contributed by atoms with van der Waals surface area (Å²) in [7, 11) is 0. The second-order valence-corrected chi connectivity index (χ2v) is 6.78. The van der Waals surface area contributed by atoms with E-state index < -0.39 is 0 Å². The van der Waals surface area contributed by atoms with E-state index in [1.54, 1.807) is 6.92 Å². The Hall–Kier alpha value is -0.530. The number of hydrogen-bond acceptors (Lipinski definition) is 1. The molecule has 1 atom stereocenters. The summed E-state index contributed by atoms with van der Waals surface area (Å²) < 4.78 is 0. The maximum Gasteiger partial charge on any atom is 0.216 e. The Balaban J connectivity index is 1.88.